The Morgan fingerprint density at radius 2 is 2.17 bits per heavy atom. The summed E-state index contributed by atoms with van der Waals surface area (Å²) < 4.78 is 7.12. The Morgan fingerprint density at radius 1 is 1.38 bits per heavy atom. The minimum absolute atomic E-state index is 0.0462. The fraction of sp³-hybridized carbons (Fsp3) is 0.294. The van der Waals surface area contributed by atoms with Crippen molar-refractivity contribution in [1.29, 1.82) is 0 Å². The molecule has 128 valence electrons. The van der Waals surface area contributed by atoms with Gasteiger partial charge in [0.05, 0.1) is 12.3 Å². The maximum absolute atomic E-state index is 12.0. The second-order valence-electron chi connectivity index (χ2n) is 5.08. The molecule has 2 aromatic rings. The molecule has 0 atom stereocenters. The van der Waals surface area contributed by atoms with Crippen LogP contribution in [0.25, 0.3) is 0 Å². The van der Waals surface area contributed by atoms with Crippen LogP contribution < -0.4 is 15.5 Å². The first-order valence-corrected chi connectivity index (χ1v) is 8.65. The smallest absolute Gasteiger partial charge is 0.262 e. The maximum Gasteiger partial charge on any atom is 0.262 e. The summed E-state index contributed by atoms with van der Waals surface area (Å²) in [4.78, 5) is 25.0. The molecule has 0 saturated carbocycles. The van der Waals surface area contributed by atoms with Crippen LogP contribution in [0.2, 0.25) is 0 Å². The number of aliphatic hydroxyl groups is 1. The summed E-state index contributed by atoms with van der Waals surface area (Å²) in [6.45, 7) is 1.76. The lowest BCUT2D eigenvalue weighted by molar-refractivity contribution is -0.118. The van der Waals surface area contributed by atoms with E-state index in [-0.39, 0.29) is 30.3 Å². The highest BCUT2D eigenvalue weighted by atomic mass is 32.2. The molecule has 2 N–H and O–H groups in total. The lowest BCUT2D eigenvalue weighted by atomic mass is 10.3. The highest BCUT2D eigenvalue weighted by Gasteiger charge is 2.11. The van der Waals surface area contributed by atoms with Gasteiger partial charge in [0, 0.05) is 29.4 Å². The van der Waals surface area contributed by atoms with Gasteiger partial charge in [-0.05, 0) is 31.4 Å². The highest BCUT2D eigenvalue weighted by molar-refractivity contribution is 7.98. The first kappa shape index (κ1) is 18.1. The maximum atomic E-state index is 12.0. The van der Waals surface area contributed by atoms with Gasteiger partial charge >= 0.3 is 0 Å². The van der Waals surface area contributed by atoms with Crippen molar-refractivity contribution in [2.45, 2.75) is 18.4 Å². The van der Waals surface area contributed by atoms with Crippen LogP contribution in [0, 0.1) is 6.92 Å². The van der Waals surface area contributed by atoms with Crippen molar-refractivity contribution in [2.24, 2.45) is 0 Å². The molecule has 1 amide bonds. The third-order valence-electron chi connectivity index (χ3n) is 3.43. The number of hydrogen-bond acceptors (Lipinski definition) is 5. The monoisotopic (exact) mass is 348 g/mol. The molecular weight excluding hydrogens is 328 g/mol. The Bertz CT molecular complexity index is 773. The molecule has 1 aromatic carbocycles. The molecule has 7 heteroatoms. The van der Waals surface area contributed by atoms with Gasteiger partial charge in [0.15, 0.2) is 12.4 Å². The van der Waals surface area contributed by atoms with E-state index in [9.17, 15) is 9.59 Å². The molecule has 0 bridgehead atoms. The Labute approximate surface area is 144 Å². The summed E-state index contributed by atoms with van der Waals surface area (Å²) in [5, 5.41) is 11.8. The van der Waals surface area contributed by atoms with Crippen LogP contribution >= 0.6 is 11.8 Å². The Balaban J connectivity index is 2.03. The van der Waals surface area contributed by atoms with Crippen molar-refractivity contribution >= 4 is 23.4 Å². The number of aliphatic hydroxyl groups excluding tert-OH is 1. The molecular formula is C17H20N2O4S. The SMILES string of the molecule is CSc1cccc(NC(=O)COc2c(C)n(CCO)ccc2=O)c1. The van der Waals surface area contributed by atoms with E-state index in [2.05, 4.69) is 5.32 Å². The van der Waals surface area contributed by atoms with Gasteiger partial charge in [-0.15, -0.1) is 11.8 Å². The van der Waals surface area contributed by atoms with E-state index in [0.29, 0.717) is 17.9 Å². The third kappa shape index (κ3) is 4.62. The Kier molecular flexibility index (Phi) is 6.45. The molecule has 0 radical (unpaired) electrons. The van der Waals surface area contributed by atoms with E-state index in [0.717, 1.165) is 4.90 Å². The molecule has 1 heterocycles. The minimum atomic E-state index is -0.343. The van der Waals surface area contributed by atoms with Crippen molar-refractivity contribution in [1.82, 2.24) is 4.57 Å². The number of anilines is 1. The number of benzene rings is 1. The zero-order chi connectivity index (χ0) is 17.5. The second kappa shape index (κ2) is 8.56. The molecule has 0 saturated heterocycles. The number of hydrogen-bond donors (Lipinski definition) is 2. The fourth-order valence-electron chi connectivity index (χ4n) is 2.22. The summed E-state index contributed by atoms with van der Waals surface area (Å²) >= 11 is 1.58. The summed E-state index contributed by atoms with van der Waals surface area (Å²) in [5.41, 5.74) is 0.963. The van der Waals surface area contributed by atoms with E-state index in [1.54, 1.807) is 35.5 Å². The van der Waals surface area contributed by atoms with E-state index in [4.69, 9.17) is 9.84 Å². The average Bonchev–Trinajstić information content (AvgIpc) is 2.57. The van der Waals surface area contributed by atoms with Crippen molar-refractivity contribution in [2.75, 3.05) is 24.8 Å². The van der Waals surface area contributed by atoms with Crippen molar-refractivity contribution in [3.05, 3.63) is 52.4 Å². The minimum Gasteiger partial charge on any atom is -0.478 e. The molecule has 0 aliphatic carbocycles. The molecule has 0 spiro atoms. The third-order valence-corrected chi connectivity index (χ3v) is 4.16. The molecule has 0 aliphatic heterocycles. The molecule has 2 rings (SSSR count). The van der Waals surface area contributed by atoms with Gasteiger partial charge in [-0.3, -0.25) is 9.59 Å². The number of carbonyl (C=O) groups excluding carboxylic acids is 1. The highest BCUT2D eigenvalue weighted by Crippen LogP contribution is 2.19. The molecule has 24 heavy (non-hydrogen) atoms. The van der Waals surface area contributed by atoms with Gasteiger partial charge in [0.2, 0.25) is 5.43 Å². The Hall–Kier alpha value is -2.25. The van der Waals surface area contributed by atoms with E-state index < -0.39 is 0 Å². The molecule has 6 nitrogen and oxygen atoms in total. The number of pyridine rings is 1. The van der Waals surface area contributed by atoms with Crippen molar-refractivity contribution < 1.29 is 14.6 Å². The lowest BCUT2D eigenvalue weighted by Gasteiger charge is -2.14. The lowest BCUT2D eigenvalue weighted by Crippen LogP contribution is -2.24. The number of aromatic nitrogens is 1. The predicted molar refractivity (Wildman–Crippen MR) is 94.9 cm³/mol. The van der Waals surface area contributed by atoms with Crippen molar-refractivity contribution in [3.63, 3.8) is 0 Å². The first-order valence-electron chi connectivity index (χ1n) is 7.42. The predicted octanol–water partition coefficient (Wildman–Crippen LogP) is 1.89. The number of rotatable bonds is 7. The number of ether oxygens (including phenoxy) is 1. The zero-order valence-corrected chi connectivity index (χ0v) is 14.4. The summed E-state index contributed by atoms with van der Waals surface area (Å²) in [5.74, 6) is -0.219. The Morgan fingerprint density at radius 3 is 2.88 bits per heavy atom. The fourth-order valence-corrected chi connectivity index (χ4v) is 2.67. The van der Waals surface area contributed by atoms with Crippen LogP contribution in [0.3, 0.4) is 0 Å². The van der Waals surface area contributed by atoms with Crippen LogP contribution in [-0.4, -0.2) is 35.1 Å². The first-order chi connectivity index (χ1) is 11.5. The number of nitrogens with one attached hydrogen (secondary N) is 1. The van der Waals surface area contributed by atoms with Gasteiger partial charge in [-0.2, -0.15) is 0 Å². The van der Waals surface area contributed by atoms with Crippen LogP contribution in [-0.2, 0) is 11.3 Å². The van der Waals surface area contributed by atoms with Gasteiger partial charge in [0.25, 0.3) is 5.91 Å². The molecule has 0 aliphatic rings. The number of amides is 1. The molecule has 0 unspecified atom stereocenters. The van der Waals surface area contributed by atoms with Gasteiger partial charge in [-0.1, -0.05) is 6.07 Å². The van der Waals surface area contributed by atoms with Crippen LogP contribution in [0.15, 0.2) is 46.2 Å². The number of carbonyl (C=O) groups is 1. The van der Waals surface area contributed by atoms with Gasteiger partial charge in [-0.25, -0.2) is 0 Å². The number of nitrogens with zero attached hydrogens (tertiary/aromatic N) is 1. The van der Waals surface area contributed by atoms with E-state index in [1.165, 1.54) is 6.07 Å². The molecule has 1 aromatic heterocycles. The topological polar surface area (TPSA) is 80.6 Å². The largest absolute Gasteiger partial charge is 0.478 e. The van der Waals surface area contributed by atoms with Crippen LogP contribution in [0.4, 0.5) is 5.69 Å². The summed E-state index contributed by atoms with van der Waals surface area (Å²) in [6, 6.07) is 8.83. The number of thioether (sulfide) groups is 1. The normalized spacial score (nSPS) is 10.5. The second-order valence-corrected chi connectivity index (χ2v) is 5.96. The molecule has 0 fully saturated rings. The van der Waals surface area contributed by atoms with Gasteiger partial charge < -0.3 is 19.7 Å². The van der Waals surface area contributed by atoms with Crippen LogP contribution in [0.5, 0.6) is 5.75 Å². The van der Waals surface area contributed by atoms with E-state index >= 15 is 0 Å². The quantitative estimate of drug-likeness (QED) is 0.747. The van der Waals surface area contributed by atoms with Crippen LogP contribution in [0.1, 0.15) is 5.69 Å². The van der Waals surface area contributed by atoms with Crippen molar-refractivity contribution in [3.8, 4) is 5.75 Å². The summed E-state index contributed by atoms with van der Waals surface area (Å²) in [6.07, 6.45) is 3.55. The summed E-state index contributed by atoms with van der Waals surface area (Å²) in [7, 11) is 0. The standard InChI is InChI=1S/C17H20N2O4S/c1-12-17(15(21)6-7-19(12)8-9-20)23-11-16(22)18-13-4-3-5-14(10-13)24-2/h3-7,10,20H,8-9,11H2,1-2H3,(H,18,22). The average molecular weight is 348 g/mol. The zero-order valence-electron chi connectivity index (χ0n) is 13.6. The van der Waals surface area contributed by atoms with E-state index in [1.807, 2.05) is 24.5 Å². The van der Waals surface area contributed by atoms with Gasteiger partial charge in [0.1, 0.15) is 0 Å².